The highest BCUT2D eigenvalue weighted by Crippen LogP contribution is 2.12. The molecule has 1 atom stereocenters. The van der Waals surface area contributed by atoms with Gasteiger partial charge in [-0.15, -0.1) is 0 Å². The molecule has 5 heteroatoms. The Morgan fingerprint density at radius 2 is 1.94 bits per heavy atom. The van der Waals surface area contributed by atoms with Gasteiger partial charge in [-0.3, -0.25) is 4.79 Å². The Kier molecular flexibility index (Phi) is 3.92. The molecule has 0 bridgehead atoms. The zero-order valence-electron chi connectivity index (χ0n) is 9.38. The van der Waals surface area contributed by atoms with E-state index in [-0.39, 0.29) is 0 Å². The maximum Gasteiger partial charge on any atom is 0.211 e. The van der Waals surface area contributed by atoms with Gasteiger partial charge in [-0.2, -0.15) is 0 Å². The van der Waals surface area contributed by atoms with Gasteiger partial charge in [0.15, 0.2) is 6.23 Å². The zero-order valence-corrected chi connectivity index (χ0v) is 10.1. The van der Waals surface area contributed by atoms with Crippen molar-refractivity contribution in [2.45, 2.75) is 6.23 Å². The number of carbonyl (C=O) groups excluding carboxylic acids is 1. The van der Waals surface area contributed by atoms with Crippen molar-refractivity contribution in [1.29, 1.82) is 0 Å². The van der Waals surface area contributed by atoms with Crippen molar-refractivity contribution in [3.05, 3.63) is 59.2 Å². The fourth-order valence-corrected chi connectivity index (χ4v) is 1.55. The van der Waals surface area contributed by atoms with Crippen LogP contribution >= 0.6 is 11.6 Å². The van der Waals surface area contributed by atoms with E-state index in [4.69, 9.17) is 11.6 Å². The molecule has 92 valence electrons. The number of halogens is 1. The molecule has 0 radical (unpaired) electrons. The number of ketones is 1. The van der Waals surface area contributed by atoms with Crippen LogP contribution in [0.25, 0.3) is 0 Å². The summed E-state index contributed by atoms with van der Waals surface area (Å²) in [6, 6.07) is 11.5. The first-order chi connectivity index (χ1) is 8.66. The SMILES string of the molecule is O=C(c1ccc(Cl)cc1)C(O)Nc1ccccn1. The molecular formula is C13H11ClN2O2. The average Bonchev–Trinajstić information content (AvgIpc) is 2.40. The lowest BCUT2D eigenvalue weighted by Gasteiger charge is -2.12. The van der Waals surface area contributed by atoms with Gasteiger partial charge in [-0.05, 0) is 36.4 Å². The number of pyridine rings is 1. The number of nitrogens with zero attached hydrogens (tertiary/aromatic N) is 1. The number of carbonyl (C=O) groups is 1. The Bertz CT molecular complexity index is 528. The number of rotatable bonds is 4. The highest BCUT2D eigenvalue weighted by Gasteiger charge is 2.16. The number of aliphatic hydroxyl groups excluding tert-OH is 1. The molecule has 0 fully saturated rings. The van der Waals surface area contributed by atoms with E-state index in [1.54, 1.807) is 48.7 Å². The van der Waals surface area contributed by atoms with Crippen LogP contribution in [0.2, 0.25) is 5.02 Å². The highest BCUT2D eigenvalue weighted by atomic mass is 35.5. The second-order valence-electron chi connectivity index (χ2n) is 3.63. The summed E-state index contributed by atoms with van der Waals surface area (Å²) in [5.41, 5.74) is 0.385. The molecule has 1 aromatic heterocycles. The lowest BCUT2D eigenvalue weighted by Crippen LogP contribution is -2.29. The van der Waals surface area contributed by atoms with Crippen LogP contribution in [-0.2, 0) is 0 Å². The summed E-state index contributed by atoms with van der Waals surface area (Å²) in [6.45, 7) is 0. The van der Waals surface area contributed by atoms with Crippen LogP contribution in [0.3, 0.4) is 0 Å². The van der Waals surface area contributed by atoms with Crippen LogP contribution < -0.4 is 5.32 Å². The van der Waals surface area contributed by atoms with E-state index in [9.17, 15) is 9.90 Å². The molecule has 1 aromatic carbocycles. The molecule has 0 spiro atoms. The van der Waals surface area contributed by atoms with E-state index in [1.807, 2.05) is 0 Å². The first-order valence-corrected chi connectivity index (χ1v) is 5.70. The minimum atomic E-state index is -1.33. The Morgan fingerprint density at radius 1 is 1.22 bits per heavy atom. The van der Waals surface area contributed by atoms with Crippen LogP contribution in [0.15, 0.2) is 48.7 Å². The zero-order chi connectivity index (χ0) is 13.0. The second kappa shape index (κ2) is 5.62. The molecule has 0 aliphatic carbocycles. The van der Waals surface area contributed by atoms with Crippen molar-refractivity contribution >= 4 is 23.2 Å². The molecule has 0 saturated heterocycles. The van der Waals surface area contributed by atoms with Crippen LogP contribution in [-0.4, -0.2) is 22.1 Å². The molecule has 2 aromatic rings. The van der Waals surface area contributed by atoms with E-state index in [0.717, 1.165) is 0 Å². The number of aliphatic hydroxyl groups is 1. The third-order valence-corrected chi connectivity index (χ3v) is 2.58. The smallest absolute Gasteiger partial charge is 0.211 e. The van der Waals surface area contributed by atoms with Gasteiger partial charge < -0.3 is 10.4 Å². The summed E-state index contributed by atoms with van der Waals surface area (Å²) in [5, 5.41) is 12.9. The van der Waals surface area contributed by atoms with Gasteiger partial charge >= 0.3 is 0 Å². The van der Waals surface area contributed by atoms with Crippen molar-refractivity contribution in [3.8, 4) is 0 Å². The predicted octanol–water partition coefficient (Wildman–Crippen LogP) is 2.35. The largest absolute Gasteiger partial charge is 0.367 e. The topological polar surface area (TPSA) is 62.2 Å². The molecular weight excluding hydrogens is 252 g/mol. The molecule has 0 amide bonds. The standard InChI is InChI=1S/C13H11ClN2O2/c14-10-6-4-9(5-7-10)12(17)13(18)16-11-3-1-2-8-15-11/h1-8,13,18H,(H,15,16). The lowest BCUT2D eigenvalue weighted by molar-refractivity contribution is 0.0793. The maximum absolute atomic E-state index is 11.9. The number of anilines is 1. The van der Waals surface area contributed by atoms with E-state index >= 15 is 0 Å². The third-order valence-electron chi connectivity index (χ3n) is 2.33. The number of hydrogen-bond acceptors (Lipinski definition) is 4. The summed E-state index contributed by atoms with van der Waals surface area (Å²) in [5.74, 6) is 0.00429. The Hall–Kier alpha value is -1.91. The molecule has 2 N–H and O–H groups in total. The summed E-state index contributed by atoms with van der Waals surface area (Å²) in [7, 11) is 0. The van der Waals surface area contributed by atoms with Gasteiger partial charge in [0.25, 0.3) is 0 Å². The molecule has 2 rings (SSSR count). The maximum atomic E-state index is 11.9. The fraction of sp³-hybridized carbons (Fsp3) is 0.0769. The molecule has 0 saturated carbocycles. The van der Waals surface area contributed by atoms with Gasteiger partial charge in [0, 0.05) is 16.8 Å². The molecule has 18 heavy (non-hydrogen) atoms. The van der Waals surface area contributed by atoms with Gasteiger partial charge in [0.1, 0.15) is 5.82 Å². The van der Waals surface area contributed by atoms with Crippen molar-refractivity contribution in [2.75, 3.05) is 5.32 Å². The minimum absolute atomic E-state index is 0.385. The number of benzene rings is 1. The van der Waals surface area contributed by atoms with Gasteiger partial charge in [-0.25, -0.2) is 4.98 Å². The van der Waals surface area contributed by atoms with E-state index in [2.05, 4.69) is 10.3 Å². The fourth-order valence-electron chi connectivity index (χ4n) is 1.43. The Morgan fingerprint density at radius 3 is 2.56 bits per heavy atom. The van der Waals surface area contributed by atoms with E-state index in [0.29, 0.717) is 16.4 Å². The van der Waals surface area contributed by atoms with Crippen molar-refractivity contribution in [1.82, 2.24) is 4.98 Å². The summed E-state index contributed by atoms with van der Waals surface area (Å²) < 4.78 is 0. The summed E-state index contributed by atoms with van der Waals surface area (Å²) in [4.78, 5) is 15.8. The Labute approximate surface area is 109 Å². The van der Waals surface area contributed by atoms with Crippen molar-refractivity contribution < 1.29 is 9.90 Å². The first-order valence-electron chi connectivity index (χ1n) is 5.32. The number of Topliss-reactive ketones (excluding diaryl/α,β-unsaturated/α-hetero) is 1. The van der Waals surface area contributed by atoms with Crippen molar-refractivity contribution in [2.24, 2.45) is 0 Å². The van der Waals surface area contributed by atoms with Crippen molar-refractivity contribution in [3.63, 3.8) is 0 Å². The van der Waals surface area contributed by atoms with Crippen LogP contribution in [0.4, 0.5) is 5.82 Å². The Balaban J connectivity index is 2.07. The second-order valence-corrected chi connectivity index (χ2v) is 4.07. The van der Waals surface area contributed by atoms with Crippen LogP contribution in [0, 0.1) is 0 Å². The number of aromatic nitrogens is 1. The van der Waals surface area contributed by atoms with Gasteiger partial charge in [0.05, 0.1) is 0 Å². The molecule has 1 unspecified atom stereocenters. The lowest BCUT2D eigenvalue weighted by atomic mass is 10.1. The summed E-state index contributed by atoms with van der Waals surface area (Å²) >= 11 is 5.73. The van der Waals surface area contributed by atoms with Gasteiger partial charge in [-0.1, -0.05) is 17.7 Å². The van der Waals surface area contributed by atoms with Crippen LogP contribution in [0.5, 0.6) is 0 Å². The third kappa shape index (κ3) is 3.06. The monoisotopic (exact) mass is 262 g/mol. The van der Waals surface area contributed by atoms with E-state index in [1.165, 1.54) is 0 Å². The number of hydrogen-bond donors (Lipinski definition) is 2. The average molecular weight is 263 g/mol. The molecule has 1 heterocycles. The first kappa shape index (κ1) is 12.5. The highest BCUT2D eigenvalue weighted by molar-refractivity contribution is 6.30. The minimum Gasteiger partial charge on any atom is -0.367 e. The molecule has 0 aliphatic rings. The number of nitrogens with one attached hydrogen (secondary N) is 1. The molecule has 0 aliphatic heterocycles. The van der Waals surface area contributed by atoms with Crippen LogP contribution in [0.1, 0.15) is 10.4 Å². The predicted molar refractivity (Wildman–Crippen MR) is 69.6 cm³/mol. The van der Waals surface area contributed by atoms with Gasteiger partial charge in [0.2, 0.25) is 5.78 Å². The normalized spacial score (nSPS) is 11.9. The van der Waals surface area contributed by atoms with E-state index < -0.39 is 12.0 Å². The quantitative estimate of drug-likeness (QED) is 0.656. The summed E-state index contributed by atoms with van der Waals surface area (Å²) in [6.07, 6.45) is 0.239. The molecule has 4 nitrogen and oxygen atoms in total.